The fourth-order valence-corrected chi connectivity index (χ4v) is 10.1. The van der Waals surface area contributed by atoms with Crippen LogP contribution in [0, 0.1) is 27.9 Å². The molecule has 1 fully saturated rings. The van der Waals surface area contributed by atoms with E-state index in [1.165, 1.54) is 57.1 Å². The summed E-state index contributed by atoms with van der Waals surface area (Å²) in [5, 5.41) is 36.5. The maximum absolute atomic E-state index is 14.6. The van der Waals surface area contributed by atoms with Crippen LogP contribution < -0.4 is 9.47 Å². The Morgan fingerprint density at radius 3 is 2.26 bits per heavy atom. The molecule has 66 heavy (non-hydrogen) atoms. The largest absolute Gasteiger partial charge is 0.459 e. The summed E-state index contributed by atoms with van der Waals surface area (Å²) in [4.78, 5) is 33.9. The number of hydrogen-bond acceptors (Lipinski definition) is 11. The summed E-state index contributed by atoms with van der Waals surface area (Å²) in [5.74, 6) is -0.728. The summed E-state index contributed by atoms with van der Waals surface area (Å²) in [7, 11) is 0. The van der Waals surface area contributed by atoms with Gasteiger partial charge in [0.25, 0.3) is 5.69 Å². The van der Waals surface area contributed by atoms with Crippen LogP contribution in [0.15, 0.2) is 71.9 Å². The average Bonchev–Trinajstić information content (AvgIpc) is 3.29. The van der Waals surface area contributed by atoms with Gasteiger partial charge in [-0.1, -0.05) is 108 Å². The van der Waals surface area contributed by atoms with Gasteiger partial charge in [-0.25, -0.2) is 4.79 Å². The first kappa shape index (κ1) is 52.5. The van der Waals surface area contributed by atoms with Crippen molar-refractivity contribution in [2.24, 2.45) is 22.9 Å². The molecule has 0 spiro atoms. The Balaban J connectivity index is 1.61. The summed E-state index contributed by atoms with van der Waals surface area (Å²) in [6, 6.07) is 11.1. The molecule has 13 heteroatoms. The first-order chi connectivity index (χ1) is 31.9. The number of nitro groups is 1. The van der Waals surface area contributed by atoms with Crippen LogP contribution in [-0.2, 0) is 14.3 Å². The minimum Gasteiger partial charge on any atom is -0.459 e. The Hall–Kier alpha value is -4.46. The van der Waals surface area contributed by atoms with Crippen molar-refractivity contribution in [2.45, 2.75) is 174 Å². The normalized spacial score (nSPS) is 22.7. The number of carbonyl (C=O) groups excluding carboxylic acids is 1. The van der Waals surface area contributed by atoms with Crippen molar-refractivity contribution < 1.29 is 43.7 Å². The summed E-state index contributed by atoms with van der Waals surface area (Å²) < 4.78 is 26.9. The number of aliphatic hydroxyl groups excluding tert-OH is 2. The third kappa shape index (κ3) is 14.0. The first-order valence-corrected chi connectivity index (χ1v) is 25.0. The second-order valence-electron chi connectivity index (χ2n) is 19.3. The minimum absolute atomic E-state index is 0.0119. The van der Waals surface area contributed by atoms with Crippen LogP contribution >= 0.6 is 0 Å². The molecular formula is C53H79N3O10. The molecule has 6 unspecified atom stereocenters. The van der Waals surface area contributed by atoms with E-state index in [0.717, 1.165) is 56.1 Å². The van der Waals surface area contributed by atoms with Crippen molar-refractivity contribution in [1.29, 1.82) is 0 Å². The van der Waals surface area contributed by atoms with E-state index in [9.17, 15) is 25.1 Å². The molecule has 0 radical (unpaired) electrons. The summed E-state index contributed by atoms with van der Waals surface area (Å²) >= 11 is 0. The molecule has 1 heterocycles. The van der Waals surface area contributed by atoms with E-state index in [2.05, 4.69) is 19.6 Å². The lowest BCUT2D eigenvalue weighted by molar-refractivity contribution is -0.384. The smallest absolute Gasteiger partial charge is 0.410 e. The van der Waals surface area contributed by atoms with E-state index in [1.807, 2.05) is 39.8 Å². The maximum atomic E-state index is 14.6. The number of nitrogens with zero attached hydrogens (tertiary/aromatic N) is 3. The molecule has 2 N–H and O–H groups in total. The van der Waals surface area contributed by atoms with Gasteiger partial charge in [0, 0.05) is 43.7 Å². The topological polar surface area (TPSA) is 162 Å². The Kier molecular flexibility index (Phi) is 20.8. The average molecular weight is 918 g/mol. The van der Waals surface area contributed by atoms with Crippen LogP contribution in [0.4, 0.5) is 10.5 Å². The van der Waals surface area contributed by atoms with E-state index < -0.39 is 34.4 Å². The molecule has 5 rings (SSSR count). The molecule has 2 aromatic rings. The fourth-order valence-electron chi connectivity index (χ4n) is 10.1. The molecule has 13 nitrogen and oxygen atoms in total. The Morgan fingerprint density at radius 1 is 0.924 bits per heavy atom. The highest BCUT2D eigenvalue weighted by atomic mass is 16.7. The number of aliphatic hydroxyl groups is 2. The Labute approximate surface area is 394 Å². The number of rotatable bonds is 29. The highest BCUT2D eigenvalue weighted by molar-refractivity contribution is 6.03. The standard InChI is InChI=1S/C53H79N3O10/c1-7-10-11-12-13-14-15-16-17-22-34-62-51(59)55(30-8-2)48-38-46(54-66-52(4,5)6)44-35-39(24-18-20-31-57)43(27-19-21-32-58)49-45-37-42(64-41-26-23-25-40(36-41)56(60)61)28-29-47(45)65-53(48,50(44)49)63-33-9-3/h9,23,25-26,28-29,35-37,39,43,48-50,57-58H,3,7-8,10-22,24,27,30-34,38H2,1-2,4-6H3. The fraction of sp³-hybridized carbons (Fsp3) is 0.660. The third-order valence-electron chi connectivity index (χ3n) is 13.1. The molecule has 366 valence electrons. The van der Waals surface area contributed by atoms with Crippen molar-refractivity contribution in [2.75, 3.05) is 33.0 Å². The van der Waals surface area contributed by atoms with Gasteiger partial charge in [-0.2, -0.15) is 0 Å². The molecule has 0 saturated heterocycles. The second-order valence-corrected chi connectivity index (χ2v) is 19.3. The quantitative estimate of drug-likeness (QED) is 0.0347. The van der Waals surface area contributed by atoms with Gasteiger partial charge in [-0.15, -0.1) is 6.58 Å². The SMILES string of the molecule is C=CCOC12Oc3ccc(Oc4cccc([N+](=O)[O-])c4)cc3C3C(CCCCO)C(CCCCO)C=C(C(=NOC(C)(C)C)CC1N(CCC)C(=O)OCCCCCCCCCCCC)C32. The number of ether oxygens (including phenoxy) is 4. The van der Waals surface area contributed by atoms with Crippen molar-refractivity contribution in [1.82, 2.24) is 4.90 Å². The van der Waals surface area contributed by atoms with Crippen molar-refractivity contribution >= 4 is 17.5 Å². The predicted molar refractivity (Wildman–Crippen MR) is 259 cm³/mol. The lowest BCUT2D eigenvalue weighted by atomic mass is 9.55. The van der Waals surface area contributed by atoms with Crippen molar-refractivity contribution in [3.63, 3.8) is 0 Å². The molecule has 2 aliphatic carbocycles. The summed E-state index contributed by atoms with van der Waals surface area (Å²) in [6.07, 6.45) is 20.8. The predicted octanol–water partition coefficient (Wildman–Crippen LogP) is 12.6. The van der Waals surface area contributed by atoms with E-state index in [1.54, 1.807) is 29.2 Å². The van der Waals surface area contributed by atoms with Crippen LogP contribution in [0.25, 0.3) is 0 Å². The lowest BCUT2D eigenvalue weighted by Gasteiger charge is -2.60. The van der Waals surface area contributed by atoms with Gasteiger partial charge in [0.2, 0.25) is 5.79 Å². The van der Waals surface area contributed by atoms with Crippen LogP contribution in [0.5, 0.6) is 17.2 Å². The summed E-state index contributed by atoms with van der Waals surface area (Å²) in [5.41, 5.74) is 1.84. The van der Waals surface area contributed by atoms with Gasteiger partial charge < -0.3 is 34.0 Å². The maximum Gasteiger partial charge on any atom is 0.410 e. The molecule has 0 bridgehead atoms. The number of oxime groups is 1. The van der Waals surface area contributed by atoms with Crippen molar-refractivity contribution in [3.05, 3.63) is 82.4 Å². The van der Waals surface area contributed by atoms with Gasteiger partial charge >= 0.3 is 6.09 Å². The number of hydrogen-bond donors (Lipinski definition) is 2. The third-order valence-corrected chi connectivity index (χ3v) is 13.1. The van der Waals surface area contributed by atoms with E-state index >= 15 is 0 Å². The number of unbranched alkanes of at least 4 members (excludes halogenated alkanes) is 11. The summed E-state index contributed by atoms with van der Waals surface area (Å²) in [6.45, 7) is 15.2. The number of carbonyl (C=O) groups is 1. The molecule has 1 aliphatic heterocycles. The van der Waals surface area contributed by atoms with Gasteiger partial charge in [0.15, 0.2) is 0 Å². The highest BCUT2D eigenvalue weighted by Crippen LogP contribution is 2.62. The number of allylic oxidation sites excluding steroid dienone is 1. The zero-order chi connectivity index (χ0) is 47.5. The Morgan fingerprint density at radius 2 is 1.61 bits per heavy atom. The molecule has 0 aromatic heterocycles. The Bertz CT molecular complexity index is 1910. The number of nitro benzene ring substituents is 1. The van der Waals surface area contributed by atoms with E-state index in [4.69, 9.17) is 28.9 Å². The monoisotopic (exact) mass is 918 g/mol. The zero-order valence-electron chi connectivity index (χ0n) is 40.6. The molecule has 6 atom stereocenters. The molecule has 3 aliphatic rings. The first-order valence-electron chi connectivity index (χ1n) is 25.0. The zero-order valence-corrected chi connectivity index (χ0v) is 40.6. The number of benzene rings is 2. The van der Waals surface area contributed by atoms with Gasteiger partial charge in [-0.05, 0) is 101 Å². The van der Waals surface area contributed by atoms with Crippen LogP contribution in [-0.4, -0.2) is 82.2 Å². The minimum atomic E-state index is -1.42. The van der Waals surface area contributed by atoms with Gasteiger partial charge in [0.1, 0.15) is 28.9 Å². The molecule has 2 aromatic carbocycles. The van der Waals surface area contributed by atoms with Crippen molar-refractivity contribution in [3.8, 4) is 17.2 Å². The van der Waals surface area contributed by atoms with Crippen LogP contribution in [0.1, 0.15) is 162 Å². The molecular weight excluding hydrogens is 839 g/mol. The highest BCUT2D eigenvalue weighted by Gasteiger charge is 2.65. The van der Waals surface area contributed by atoms with Crippen LogP contribution in [0.3, 0.4) is 0 Å². The second kappa shape index (κ2) is 26.2. The van der Waals surface area contributed by atoms with Gasteiger partial charge in [-0.3, -0.25) is 15.0 Å². The van der Waals surface area contributed by atoms with E-state index in [0.29, 0.717) is 55.4 Å². The number of amides is 1. The lowest BCUT2D eigenvalue weighted by Crippen LogP contribution is -2.70. The molecule has 1 amide bonds. The number of non-ortho nitro benzene ring substituents is 1. The van der Waals surface area contributed by atoms with E-state index in [-0.39, 0.29) is 49.7 Å². The van der Waals surface area contributed by atoms with Gasteiger partial charge in [0.05, 0.1) is 35.8 Å². The number of fused-ring (bicyclic) bond motifs is 2. The van der Waals surface area contributed by atoms with Crippen LogP contribution in [0.2, 0.25) is 0 Å². The molecule has 1 saturated carbocycles.